The van der Waals surface area contributed by atoms with E-state index in [1.165, 1.54) is 17.0 Å². The number of anilines is 1. The number of carbonyl (C=O) groups excluding carboxylic acids is 2. The zero-order valence-electron chi connectivity index (χ0n) is 24.0. The highest BCUT2D eigenvalue weighted by Gasteiger charge is 2.32. The van der Waals surface area contributed by atoms with Gasteiger partial charge in [0.05, 0.1) is 17.7 Å². The average molecular weight is 566 g/mol. The Balaban J connectivity index is 2.03. The van der Waals surface area contributed by atoms with Gasteiger partial charge in [0.15, 0.2) is 0 Å². The molecule has 0 radical (unpaired) electrons. The van der Waals surface area contributed by atoms with Gasteiger partial charge in [0.1, 0.15) is 18.3 Å². The molecule has 214 valence electrons. The largest absolute Gasteiger partial charge is 0.497 e. The second-order valence-corrected chi connectivity index (χ2v) is 11.9. The predicted octanol–water partition coefficient (Wildman–Crippen LogP) is 4.84. The smallest absolute Gasteiger partial charge is 0.264 e. The maximum absolute atomic E-state index is 14.0. The van der Waals surface area contributed by atoms with Crippen LogP contribution in [0.2, 0.25) is 0 Å². The topological polar surface area (TPSA) is 96.0 Å². The van der Waals surface area contributed by atoms with E-state index in [9.17, 15) is 18.0 Å². The van der Waals surface area contributed by atoms with Gasteiger partial charge in [0.2, 0.25) is 11.8 Å². The van der Waals surface area contributed by atoms with Crippen LogP contribution in [0.1, 0.15) is 43.9 Å². The van der Waals surface area contributed by atoms with Crippen molar-refractivity contribution in [3.05, 3.63) is 89.5 Å². The number of hydrogen-bond acceptors (Lipinski definition) is 5. The van der Waals surface area contributed by atoms with Crippen LogP contribution in [0.15, 0.2) is 77.7 Å². The number of rotatable bonds is 12. The molecule has 0 saturated carbocycles. The third kappa shape index (κ3) is 7.63. The number of sulfonamides is 1. The van der Waals surface area contributed by atoms with E-state index in [0.29, 0.717) is 11.4 Å². The third-order valence-corrected chi connectivity index (χ3v) is 8.62. The summed E-state index contributed by atoms with van der Waals surface area (Å²) in [7, 11) is -2.55. The van der Waals surface area contributed by atoms with Crippen molar-refractivity contribution in [3.63, 3.8) is 0 Å². The molecule has 3 aromatic rings. The molecule has 0 unspecified atom stereocenters. The summed E-state index contributed by atoms with van der Waals surface area (Å²) >= 11 is 0. The number of carbonyl (C=O) groups is 2. The van der Waals surface area contributed by atoms with Crippen LogP contribution in [0.4, 0.5) is 5.69 Å². The summed E-state index contributed by atoms with van der Waals surface area (Å²) in [6.45, 7) is 8.86. The molecule has 8 nitrogen and oxygen atoms in total. The molecule has 0 aliphatic rings. The Morgan fingerprint density at radius 2 is 1.60 bits per heavy atom. The van der Waals surface area contributed by atoms with E-state index in [0.717, 1.165) is 27.4 Å². The number of hydrogen-bond donors (Lipinski definition) is 1. The summed E-state index contributed by atoms with van der Waals surface area (Å²) in [6.07, 6.45) is 0.734. The molecule has 0 bridgehead atoms. The number of amides is 2. The number of nitrogens with zero attached hydrogens (tertiary/aromatic N) is 2. The minimum atomic E-state index is -4.10. The van der Waals surface area contributed by atoms with Gasteiger partial charge in [-0.2, -0.15) is 0 Å². The van der Waals surface area contributed by atoms with Crippen LogP contribution in [0.5, 0.6) is 5.75 Å². The third-order valence-electron chi connectivity index (χ3n) is 6.83. The molecule has 2 amide bonds. The molecule has 0 saturated heterocycles. The van der Waals surface area contributed by atoms with Gasteiger partial charge in [-0.1, -0.05) is 48.9 Å². The molecule has 40 heavy (non-hydrogen) atoms. The lowest BCUT2D eigenvalue weighted by Gasteiger charge is -2.32. The quantitative estimate of drug-likeness (QED) is 0.339. The van der Waals surface area contributed by atoms with Gasteiger partial charge in [-0.25, -0.2) is 8.42 Å². The van der Waals surface area contributed by atoms with E-state index in [4.69, 9.17) is 4.74 Å². The summed E-state index contributed by atoms with van der Waals surface area (Å²) < 4.78 is 34.3. The Bertz CT molecular complexity index is 1420. The summed E-state index contributed by atoms with van der Waals surface area (Å²) in [6, 6.07) is 19.8. The highest BCUT2D eigenvalue weighted by molar-refractivity contribution is 7.92. The predicted molar refractivity (Wildman–Crippen MR) is 158 cm³/mol. The summed E-state index contributed by atoms with van der Waals surface area (Å²) in [5, 5.41) is 2.94. The molecular formula is C31H39N3O5S. The maximum Gasteiger partial charge on any atom is 0.264 e. The van der Waals surface area contributed by atoms with Crippen LogP contribution in [-0.4, -0.2) is 50.9 Å². The summed E-state index contributed by atoms with van der Waals surface area (Å²) in [5.74, 6) is -0.203. The standard InChI is InChI=1S/C31H39N3O5S/c1-7-24(4)32-31(36)25(5)33(20-26-11-9-13-28(19-26)39-6)30(35)21-34(27-12-8-10-23(3)18-27)40(37,38)29-16-14-22(2)15-17-29/h8-19,24-25H,7,20-21H2,1-6H3,(H,32,36)/t24-,25+/m0/s1. The van der Waals surface area contributed by atoms with E-state index in [1.807, 2.05) is 45.9 Å². The average Bonchev–Trinajstić information content (AvgIpc) is 2.94. The molecule has 0 fully saturated rings. The molecule has 2 atom stereocenters. The highest BCUT2D eigenvalue weighted by atomic mass is 32.2. The Morgan fingerprint density at radius 3 is 2.23 bits per heavy atom. The first-order valence-electron chi connectivity index (χ1n) is 13.3. The first-order valence-corrected chi connectivity index (χ1v) is 14.8. The van der Waals surface area contributed by atoms with Crippen molar-refractivity contribution in [2.24, 2.45) is 0 Å². The van der Waals surface area contributed by atoms with E-state index in [2.05, 4.69) is 5.32 Å². The van der Waals surface area contributed by atoms with E-state index >= 15 is 0 Å². The van der Waals surface area contributed by atoms with Gasteiger partial charge < -0.3 is 15.0 Å². The molecule has 0 spiro atoms. The second kappa shape index (κ2) is 13.5. The molecular weight excluding hydrogens is 526 g/mol. The van der Waals surface area contributed by atoms with Crippen molar-refractivity contribution in [2.75, 3.05) is 18.0 Å². The van der Waals surface area contributed by atoms with Crippen molar-refractivity contribution in [1.29, 1.82) is 0 Å². The lowest BCUT2D eigenvalue weighted by atomic mass is 10.1. The molecule has 9 heteroatoms. The summed E-state index contributed by atoms with van der Waals surface area (Å²) in [5.41, 5.74) is 2.89. The second-order valence-electron chi connectivity index (χ2n) is 10.0. The van der Waals surface area contributed by atoms with Gasteiger partial charge >= 0.3 is 0 Å². The van der Waals surface area contributed by atoms with Crippen LogP contribution in [0, 0.1) is 13.8 Å². The van der Waals surface area contributed by atoms with Gasteiger partial charge in [-0.3, -0.25) is 13.9 Å². The van der Waals surface area contributed by atoms with Crippen LogP contribution in [0.25, 0.3) is 0 Å². The molecule has 3 aromatic carbocycles. The SMILES string of the molecule is CC[C@H](C)NC(=O)[C@@H](C)N(Cc1cccc(OC)c1)C(=O)CN(c1cccc(C)c1)S(=O)(=O)c1ccc(C)cc1. The van der Waals surface area contributed by atoms with Gasteiger partial charge in [-0.15, -0.1) is 0 Å². The Labute approximate surface area is 238 Å². The molecule has 0 aliphatic carbocycles. The van der Waals surface area contributed by atoms with Crippen LogP contribution < -0.4 is 14.4 Å². The summed E-state index contributed by atoms with van der Waals surface area (Å²) in [4.78, 5) is 28.7. The number of aryl methyl sites for hydroxylation is 2. The number of benzene rings is 3. The van der Waals surface area contributed by atoms with E-state index in [1.54, 1.807) is 56.5 Å². The molecule has 0 aliphatic heterocycles. The van der Waals surface area contributed by atoms with Crippen molar-refractivity contribution >= 4 is 27.5 Å². The number of nitrogens with one attached hydrogen (secondary N) is 1. The minimum Gasteiger partial charge on any atom is -0.497 e. The maximum atomic E-state index is 14.0. The zero-order valence-corrected chi connectivity index (χ0v) is 24.9. The van der Waals surface area contributed by atoms with Crippen molar-refractivity contribution in [2.45, 2.75) is 64.6 Å². The van der Waals surface area contributed by atoms with Crippen molar-refractivity contribution < 1.29 is 22.7 Å². The highest BCUT2D eigenvalue weighted by Crippen LogP contribution is 2.26. The fourth-order valence-electron chi connectivity index (χ4n) is 4.16. The Morgan fingerprint density at radius 1 is 0.925 bits per heavy atom. The van der Waals surface area contributed by atoms with Crippen molar-refractivity contribution in [1.82, 2.24) is 10.2 Å². The Hall–Kier alpha value is -3.85. The first kappa shape index (κ1) is 30.7. The van der Waals surface area contributed by atoms with Gasteiger partial charge in [0, 0.05) is 12.6 Å². The van der Waals surface area contributed by atoms with Gasteiger partial charge in [0.25, 0.3) is 10.0 Å². The normalized spacial score (nSPS) is 12.8. The molecule has 0 heterocycles. The molecule has 3 rings (SSSR count). The van der Waals surface area contributed by atoms with E-state index in [-0.39, 0.29) is 23.4 Å². The Kier molecular flexibility index (Phi) is 10.3. The van der Waals surface area contributed by atoms with Crippen LogP contribution in [0.3, 0.4) is 0 Å². The van der Waals surface area contributed by atoms with Gasteiger partial charge in [-0.05, 0) is 81.6 Å². The van der Waals surface area contributed by atoms with Crippen LogP contribution in [-0.2, 0) is 26.2 Å². The minimum absolute atomic E-state index is 0.0746. The number of methoxy groups -OCH3 is 1. The van der Waals surface area contributed by atoms with Crippen molar-refractivity contribution in [3.8, 4) is 5.75 Å². The monoisotopic (exact) mass is 565 g/mol. The molecule has 0 aromatic heterocycles. The van der Waals surface area contributed by atoms with Crippen LogP contribution >= 0.6 is 0 Å². The first-order chi connectivity index (χ1) is 19.0. The molecule has 1 N–H and O–H groups in total. The fourth-order valence-corrected chi connectivity index (χ4v) is 5.57. The van der Waals surface area contributed by atoms with E-state index < -0.39 is 28.5 Å². The number of ether oxygens (including phenoxy) is 1. The lowest BCUT2D eigenvalue weighted by molar-refractivity contribution is -0.139. The zero-order chi connectivity index (χ0) is 29.4. The fraction of sp³-hybridized carbons (Fsp3) is 0.355. The lowest BCUT2D eigenvalue weighted by Crippen LogP contribution is -2.52.